The van der Waals surface area contributed by atoms with Crippen molar-refractivity contribution >= 4 is 11.8 Å². The fourth-order valence-corrected chi connectivity index (χ4v) is 0.989. The monoisotopic (exact) mass is 208 g/mol. The molecule has 78 valence electrons. The number of carbonyl (C=O) groups is 2. The molecule has 0 aliphatic heterocycles. The SMILES string of the molecule is Cc1ccc(C(=O)C=CC(=O)O)cc1F. The lowest BCUT2D eigenvalue weighted by Crippen LogP contribution is -1.98. The molecule has 1 aromatic carbocycles. The predicted molar refractivity (Wildman–Crippen MR) is 52.2 cm³/mol. The molecule has 0 aromatic heterocycles. The molecule has 1 rings (SSSR count). The Bertz CT molecular complexity index is 435. The van der Waals surface area contributed by atoms with E-state index in [4.69, 9.17) is 5.11 Å². The van der Waals surface area contributed by atoms with Crippen molar-refractivity contribution in [3.8, 4) is 0 Å². The number of carboxylic acids is 1. The Kier molecular flexibility index (Phi) is 3.33. The van der Waals surface area contributed by atoms with Crippen LogP contribution in [0, 0.1) is 12.7 Å². The van der Waals surface area contributed by atoms with Crippen LogP contribution < -0.4 is 0 Å². The van der Waals surface area contributed by atoms with Gasteiger partial charge in [-0.3, -0.25) is 4.79 Å². The van der Waals surface area contributed by atoms with Crippen molar-refractivity contribution in [2.45, 2.75) is 6.92 Å². The maximum atomic E-state index is 13.0. The Morgan fingerprint density at radius 1 is 1.33 bits per heavy atom. The summed E-state index contributed by atoms with van der Waals surface area (Å²) in [5.41, 5.74) is 0.573. The second-order valence-electron chi connectivity index (χ2n) is 3.00. The van der Waals surface area contributed by atoms with Gasteiger partial charge in [0.05, 0.1) is 0 Å². The zero-order valence-corrected chi connectivity index (χ0v) is 8.03. The van der Waals surface area contributed by atoms with Crippen molar-refractivity contribution in [3.05, 3.63) is 47.3 Å². The molecular formula is C11H9FO3. The Balaban J connectivity index is 2.92. The molecule has 0 radical (unpaired) electrons. The van der Waals surface area contributed by atoms with E-state index in [9.17, 15) is 14.0 Å². The zero-order chi connectivity index (χ0) is 11.4. The van der Waals surface area contributed by atoms with Gasteiger partial charge in [0.15, 0.2) is 5.78 Å². The smallest absolute Gasteiger partial charge is 0.328 e. The van der Waals surface area contributed by atoms with E-state index in [1.54, 1.807) is 6.92 Å². The number of benzene rings is 1. The lowest BCUT2D eigenvalue weighted by molar-refractivity contribution is -0.131. The van der Waals surface area contributed by atoms with Gasteiger partial charge in [0.1, 0.15) is 5.82 Å². The highest BCUT2D eigenvalue weighted by Crippen LogP contribution is 2.10. The second-order valence-corrected chi connectivity index (χ2v) is 3.00. The molecule has 0 amide bonds. The molecule has 1 aromatic rings. The molecule has 0 saturated carbocycles. The standard InChI is InChI=1S/C11H9FO3/c1-7-2-3-8(6-9(7)12)10(13)4-5-11(14)15/h2-6H,1H3,(H,14,15). The molecule has 1 N–H and O–H groups in total. The molecule has 0 heterocycles. The number of hydrogen-bond acceptors (Lipinski definition) is 2. The molecule has 0 spiro atoms. The lowest BCUT2D eigenvalue weighted by atomic mass is 10.1. The number of halogens is 1. The normalized spacial score (nSPS) is 10.5. The minimum absolute atomic E-state index is 0.135. The van der Waals surface area contributed by atoms with E-state index in [1.807, 2.05) is 0 Å². The first kappa shape index (κ1) is 11.1. The van der Waals surface area contributed by atoms with Crippen molar-refractivity contribution in [3.63, 3.8) is 0 Å². The minimum Gasteiger partial charge on any atom is -0.478 e. The van der Waals surface area contributed by atoms with E-state index in [2.05, 4.69) is 0 Å². The summed E-state index contributed by atoms with van der Waals surface area (Å²) in [6, 6.07) is 4.01. The van der Waals surface area contributed by atoms with Crippen LogP contribution in [-0.2, 0) is 4.79 Å². The van der Waals surface area contributed by atoms with Gasteiger partial charge >= 0.3 is 5.97 Å². The summed E-state index contributed by atoms with van der Waals surface area (Å²) >= 11 is 0. The van der Waals surface area contributed by atoms with E-state index >= 15 is 0 Å². The predicted octanol–water partition coefficient (Wildman–Crippen LogP) is 1.96. The highest BCUT2D eigenvalue weighted by Gasteiger charge is 2.05. The van der Waals surface area contributed by atoms with Gasteiger partial charge in [-0.1, -0.05) is 12.1 Å². The van der Waals surface area contributed by atoms with Crippen molar-refractivity contribution in [1.29, 1.82) is 0 Å². The van der Waals surface area contributed by atoms with Crippen molar-refractivity contribution in [2.75, 3.05) is 0 Å². The molecule has 0 saturated heterocycles. The number of ketones is 1. The van der Waals surface area contributed by atoms with E-state index in [-0.39, 0.29) is 5.56 Å². The van der Waals surface area contributed by atoms with Gasteiger partial charge in [-0.15, -0.1) is 0 Å². The van der Waals surface area contributed by atoms with E-state index < -0.39 is 17.6 Å². The lowest BCUT2D eigenvalue weighted by Gasteiger charge is -1.98. The Labute approximate surface area is 85.8 Å². The van der Waals surface area contributed by atoms with Crippen LogP contribution in [-0.4, -0.2) is 16.9 Å². The molecule has 4 heteroatoms. The third-order valence-electron chi connectivity index (χ3n) is 1.83. The van der Waals surface area contributed by atoms with E-state index in [1.165, 1.54) is 12.1 Å². The number of aliphatic carboxylic acids is 1. The summed E-state index contributed by atoms with van der Waals surface area (Å²) < 4.78 is 13.0. The number of rotatable bonds is 3. The van der Waals surface area contributed by atoms with Gasteiger partial charge in [-0.05, 0) is 24.6 Å². The summed E-state index contributed by atoms with van der Waals surface area (Å²) in [7, 11) is 0. The molecule has 0 bridgehead atoms. The summed E-state index contributed by atoms with van der Waals surface area (Å²) in [6.07, 6.45) is 1.62. The van der Waals surface area contributed by atoms with Gasteiger partial charge < -0.3 is 5.11 Å². The Hall–Kier alpha value is -1.97. The van der Waals surface area contributed by atoms with Gasteiger partial charge in [0.25, 0.3) is 0 Å². The van der Waals surface area contributed by atoms with Crippen molar-refractivity contribution in [1.82, 2.24) is 0 Å². The number of carbonyl (C=O) groups excluding carboxylic acids is 1. The van der Waals surface area contributed by atoms with Gasteiger partial charge in [0.2, 0.25) is 0 Å². The molecule has 0 unspecified atom stereocenters. The van der Waals surface area contributed by atoms with Gasteiger partial charge in [-0.25, -0.2) is 9.18 Å². The molecule has 0 aliphatic carbocycles. The maximum Gasteiger partial charge on any atom is 0.328 e. The number of aryl methyl sites for hydroxylation is 1. The second kappa shape index (κ2) is 4.50. The molecule has 0 fully saturated rings. The summed E-state index contributed by atoms with van der Waals surface area (Å²) in [4.78, 5) is 21.4. The quantitative estimate of drug-likeness (QED) is 0.610. The fraction of sp³-hybridized carbons (Fsp3) is 0.0909. The van der Waals surface area contributed by atoms with Crippen LogP contribution >= 0.6 is 0 Å². The van der Waals surface area contributed by atoms with Crippen LogP contribution in [0.3, 0.4) is 0 Å². The minimum atomic E-state index is -1.21. The van der Waals surface area contributed by atoms with E-state index in [0.717, 1.165) is 18.2 Å². The molecule has 0 atom stereocenters. The molecule has 15 heavy (non-hydrogen) atoms. The average molecular weight is 208 g/mol. The first-order valence-corrected chi connectivity index (χ1v) is 4.22. The molecule has 3 nitrogen and oxygen atoms in total. The summed E-state index contributed by atoms with van der Waals surface area (Å²) in [5.74, 6) is -2.23. The van der Waals surface area contributed by atoms with Crippen LogP contribution in [0.25, 0.3) is 0 Å². The maximum absolute atomic E-state index is 13.0. The summed E-state index contributed by atoms with van der Waals surface area (Å²) in [6.45, 7) is 1.58. The van der Waals surface area contributed by atoms with Crippen LogP contribution in [0.5, 0.6) is 0 Å². The van der Waals surface area contributed by atoms with Crippen LogP contribution in [0.4, 0.5) is 4.39 Å². The zero-order valence-electron chi connectivity index (χ0n) is 8.03. The van der Waals surface area contributed by atoms with Crippen molar-refractivity contribution < 1.29 is 19.1 Å². The number of hydrogen-bond donors (Lipinski definition) is 1. The summed E-state index contributed by atoms with van der Waals surface area (Å²) in [5, 5.41) is 8.29. The first-order valence-electron chi connectivity index (χ1n) is 4.22. The largest absolute Gasteiger partial charge is 0.478 e. The fourth-order valence-electron chi connectivity index (χ4n) is 0.989. The Morgan fingerprint density at radius 3 is 2.53 bits per heavy atom. The van der Waals surface area contributed by atoms with Gasteiger partial charge in [-0.2, -0.15) is 0 Å². The third kappa shape index (κ3) is 3.02. The van der Waals surface area contributed by atoms with Crippen molar-refractivity contribution in [2.24, 2.45) is 0 Å². The average Bonchev–Trinajstić information content (AvgIpc) is 2.18. The first-order chi connectivity index (χ1) is 7.00. The third-order valence-corrected chi connectivity index (χ3v) is 1.83. The molecular weight excluding hydrogens is 199 g/mol. The number of allylic oxidation sites excluding steroid dienone is 1. The number of carboxylic acid groups (broad SMARTS) is 1. The Morgan fingerprint density at radius 2 is 2.00 bits per heavy atom. The van der Waals surface area contributed by atoms with Crippen LogP contribution in [0.15, 0.2) is 30.4 Å². The molecule has 0 aliphatic rings. The van der Waals surface area contributed by atoms with Gasteiger partial charge in [0, 0.05) is 11.6 Å². The van der Waals surface area contributed by atoms with E-state index in [0.29, 0.717) is 5.56 Å². The highest BCUT2D eigenvalue weighted by atomic mass is 19.1. The highest BCUT2D eigenvalue weighted by molar-refractivity contribution is 6.06. The van der Waals surface area contributed by atoms with Crippen LogP contribution in [0.1, 0.15) is 15.9 Å². The topological polar surface area (TPSA) is 54.4 Å². The van der Waals surface area contributed by atoms with Crippen LogP contribution in [0.2, 0.25) is 0 Å².